The fourth-order valence-corrected chi connectivity index (χ4v) is 2.59. The van der Waals surface area contributed by atoms with Gasteiger partial charge in [0.1, 0.15) is 5.75 Å². The van der Waals surface area contributed by atoms with Gasteiger partial charge in [0.05, 0.1) is 32.5 Å². The van der Waals surface area contributed by atoms with Crippen molar-refractivity contribution in [2.24, 2.45) is 0 Å². The number of carbonyl (C=O) groups excluding carboxylic acids is 1. The number of nitrogens with one attached hydrogen (secondary N) is 1. The van der Waals surface area contributed by atoms with Crippen LogP contribution in [0.2, 0.25) is 5.02 Å². The molecule has 0 saturated heterocycles. The molecule has 0 unspecified atom stereocenters. The van der Waals surface area contributed by atoms with E-state index in [0.717, 1.165) is 11.1 Å². The summed E-state index contributed by atoms with van der Waals surface area (Å²) in [4.78, 5) is 12.4. The lowest BCUT2D eigenvalue weighted by molar-refractivity contribution is 0.0453. The summed E-state index contributed by atoms with van der Waals surface area (Å²) in [6.45, 7) is 4.71. The van der Waals surface area contributed by atoms with E-state index in [2.05, 4.69) is 5.32 Å². The Labute approximate surface area is 159 Å². The van der Waals surface area contributed by atoms with Crippen LogP contribution in [0.4, 0.5) is 0 Å². The first-order chi connectivity index (χ1) is 12.6. The third-order valence-electron chi connectivity index (χ3n) is 3.70. The van der Waals surface area contributed by atoms with Gasteiger partial charge in [-0.05, 0) is 36.2 Å². The Hall–Kier alpha value is -2.08. The maximum atomic E-state index is 12.4. The molecule has 1 N–H and O–H groups in total. The quantitative estimate of drug-likeness (QED) is 0.639. The minimum Gasteiger partial charge on any atom is -0.496 e. The van der Waals surface area contributed by atoms with Crippen molar-refractivity contribution in [1.29, 1.82) is 0 Å². The Kier molecular flexibility index (Phi) is 8.41. The fraction of sp³-hybridized carbons (Fsp3) is 0.350. The summed E-state index contributed by atoms with van der Waals surface area (Å²) in [5.41, 5.74) is 2.45. The summed E-state index contributed by atoms with van der Waals surface area (Å²) in [6.07, 6.45) is 0. The van der Waals surface area contributed by atoms with Gasteiger partial charge in [0, 0.05) is 18.2 Å². The molecule has 0 aromatic heterocycles. The average Bonchev–Trinajstić information content (AvgIpc) is 2.66. The second-order valence-electron chi connectivity index (χ2n) is 5.60. The summed E-state index contributed by atoms with van der Waals surface area (Å²) in [7, 11) is 1.52. The molecule has 2 aromatic rings. The van der Waals surface area contributed by atoms with E-state index in [4.69, 9.17) is 25.8 Å². The maximum absolute atomic E-state index is 12.4. The first-order valence-electron chi connectivity index (χ1n) is 8.49. The Balaban J connectivity index is 1.90. The highest BCUT2D eigenvalue weighted by atomic mass is 35.5. The van der Waals surface area contributed by atoms with E-state index >= 15 is 0 Å². The van der Waals surface area contributed by atoms with Crippen LogP contribution in [0.5, 0.6) is 5.75 Å². The summed E-state index contributed by atoms with van der Waals surface area (Å²) < 4.78 is 16.0. The van der Waals surface area contributed by atoms with Crippen molar-refractivity contribution in [3.8, 4) is 5.75 Å². The van der Waals surface area contributed by atoms with E-state index in [0.29, 0.717) is 49.3 Å². The topological polar surface area (TPSA) is 56.8 Å². The van der Waals surface area contributed by atoms with Crippen molar-refractivity contribution in [1.82, 2.24) is 5.32 Å². The van der Waals surface area contributed by atoms with E-state index in [9.17, 15) is 4.79 Å². The van der Waals surface area contributed by atoms with Gasteiger partial charge < -0.3 is 19.5 Å². The number of amides is 1. The molecule has 2 rings (SSSR count). The minimum atomic E-state index is -0.234. The van der Waals surface area contributed by atoms with Gasteiger partial charge in [-0.1, -0.05) is 35.9 Å². The van der Waals surface area contributed by atoms with Crippen molar-refractivity contribution >= 4 is 17.5 Å². The Bertz CT molecular complexity index is 721. The molecule has 6 heteroatoms. The fourth-order valence-electron chi connectivity index (χ4n) is 2.42. The highest BCUT2D eigenvalue weighted by Gasteiger charge is 2.12. The van der Waals surface area contributed by atoms with Crippen LogP contribution in [-0.4, -0.2) is 32.8 Å². The Morgan fingerprint density at radius 3 is 2.62 bits per heavy atom. The van der Waals surface area contributed by atoms with Gasteiger partial charge in [-0.15, -0.1) is 0 Å². The number of methoxy groups -OCH3 is 1. The smallest absolute Gasteiger partial charge is 0.255 e. The van der Waals surface area contributed by atoms with Crippen molar-refractivity contribution < 1.29 is 19.0 Å². The molecule has 0 aliphatic rings. The zero-order valence-corrected chi connectivity index (χ0v) is 15.8. The summed E-state index contributed by atoms with van der Waals surface area (Å²) >= 11 is 5.98. The molecule has 0 radical (unpaired) electrons. The lowest BCUT2D eigenvalue weighted by atomic mass is 10.1. The molecule has 0 heterocycles. The van der Waals surface area contributed by atoms with Crippen molar-refractivity contribution in [2.45, 2.75) is 20.1 Å². The Morgan fingerprint density at radius 2 is 1.85 bits per heavy atom. The Morgan fingerprint density at radius 1 is 1.08 bits per heavy atom. The molecular formula is C20H24ClNO4. The zero-order chi connectivity index (χ0) is 18.8. The van der Waals surface area contributed by atoms with Crippen molar-refractivity contribution in [3.05, 3.63) is 64.2 Å². The molecule has 0 saturated carbocycles. The van der Waals surface area contributed by atoms with Gasteiger partial charge in [0.25, 0.3) is 5.91 Å². The summed E-state index contributed by atoms with van der Waals surface area (Å²) in [5, 5.41) is 3.38. The first kappa shape index (κ1) is 20.2. The minimum absolute atomic E-state index is 0.234. The maximum Gasteiger partial charge on any atom is 0.255 e. The molecule has 0 atom stereocenters. The second-order valence-corrected chi connectivity index (χ2v) is 6.03. The van der Waals surface area contributed by atoms with Crippen LogP contribution >= 0.6 is 11.6 Å². The van der Waals surface area contributed by atoms with E-state index < -0.39 is 0 Å². The molecule has 0 aliphatic carbocycles. The van der Waals surface area contributed by atoms with Crippen LogP contribution < -0.4 is 10.1 Å². The van der Waals surface area contributed by atoms with Gasteiger partial charge in [-0.2, -0.15) is 0 Å². The van der Waals surface area contributed by atoms with E-state index in [1.165, 1.54) is 7.11 Å². The van der Waals surface area contributed by atoms with Crippen LogP contribution in [0.25, 0.3) is 0 Å². The molecule has 0 aliphatic heterocycles. The van der Waals surface area contributed by atoms with E-state index in [-0.39, 0.29) is 5.91 Å². The van der Waals surface area contributed by atoms with Crippen LogP contribution in [0.3, 0.4) is 0 Å². The molecular weight excluding hydrogens is 354 g/mol. The lowest BCUT2D eigenvalue weighted by Crippen LogP contribution is -2.23. The second kappa shape index (κ2) is 10.8. The molecule has 140 valence electrons. The number of hydrogen-bond acceptors (Lipinski definition) is 4. The molecule has 26 heavy (non-hydrogen) atoms. The van der Waals surface area contributed by atoms with Gasteiger partial charge in [-0.25, -0.2) is 0 Å². The van der Waals surface area contributed by atoms with Gasteiger partial charge in [0.2, 0.25) is 0 Å². The largest absolute Gasteiger partial charge is 0.496 e. The number of rotatable bonds is 10. The average molecular weight is 378 g/mol. The third kappa shape index (κ3) is 6.33. The van der Waals surface area contributed by atoms with Crippen LogP contribution in [-0.2, 0) is 22.6 Å². The van der Waals surface area contributed by atoms with Gasteiger partial charge in [0.15, 0.2) is 0 Å². The number of carbonyl (C=O) groups is 1. The van der Waals surface area contributed by atoms with Gasteiger partial charge in [-0.3, -0.25) is 4.79 Å². The number of benzene rings is 2. The molecule has 2 aromatic carbocycles. The molecule has 1 amide bonds. The summed E-state index contributed by atoms with van der Waals surface area (Å²) in [6, 6.07) is 12.9. The van der Waals surface area contributed by atoms with Crippen LogP contribution in [0.1, 0.15) is 28.4 Å². The molecule has 0 bridgehead atoms. The third-order valence-corrected chi connectivity index (χ3v) is 3.93. The standard InChI is InChI=1S/C20H24ClNO4/c1-3-25-9-10-26-14-16-6-4-5-15(11-16)13-22-20(23)18-12-17(21)7-8-19(18)24-2/h4-8,11-12H,3,9-10,13-14H2,1-2H3,(H,22,23). The first-order valence-corrected chi connectivity index (χ1v) is 8.87. The number of hydrogen-bond donors (Lipinski definition) is 1. The normalized spacial score (nSPS) is 10.6. The highest BCUT2D eigenvalue weighted by Crippen LogP contribution is 2.22. The monoisotopic (exact) mass is 377 g/mol. The van der Waals surface area contributed by atoms with Gasteiger partial charge >= 0.3 is 0 Å². The van der Waals surface area contributed by atoms with E-state index in [1.54, 1.807) is 18.2 Å². The highest BCUT2D eigenvalue weighted by molar-refractivity contribution is 6.31. The number of halogens is 1. The summed E-state index contributed by atoms with van der Waals surface area (Å²) in [5.74, 6) is 0.256. The van der Waals surface area contributed by atoms with E-state index in [1.807, 2.05) is 31.2 Å². The molecule has 5 nitrogen and oxygen atoms in total. The molecule has 0 fully saturated rings. The SMILES string of the molecule is CCOCCOCc1cccc(CNC(=O)c2cc(Cl)ccc2OC)c1. The zero-order valence-electron chi connectivity index (χ0n) is 15.1. The molecule has 0 spiro atoms. The van der Waals surface area contributed by atoms with Crippen molar-refractivity contribution in [2.75, 3.05) is 26.9 Å². The predicted molar refractivity (Wildman–Crippen MR) is 102 cm³/mol. The van der Waals surface area contributed by atoms with Crippen LogP contribution in [0.15, 0.2) is 42.5 Å². The van der Waals surface area contributed by atoms with Crippen molar-refractivity contribution in [3.63, 3.8) is 0 Å². The predicted octanol–water partition coefficient (Wildman–Crippen LogP) is 3.83. The number of ether oxygens (including phenoxy) is 3. The lowest BCUT2D eigenvalue weighted by Gasteiger charge is -2.11. The van der Waals surface area contributed by atoms with Crippen LogP contribution in [0, 0.1) is 0 Å².